The van der Waals surface area contributed by atoms with Crippen LogP contribution in [0.25, 0.3) is 10.9 Å². The zero-order valence-electron chi connectivity index (χ0n) is 43.9. The number of Topliss-reactive ketones (excluding diaryl/α,β-unsaturated/α-hetero) is 3. The summed E-state index contributed by atoms with van der Waals surface area (Å²) in [4.78, 5) is 149. The Morgan fingerprint density at radius 1 is 0.688 bits per heavy atom. The van der Waals surface area contributed by atoms with E-state index in [2.05, 4.69) is 46.9 Å². The minimum atomic E-state index is -1.64. The Hall–Kier alpha value is -8.18. The number of para-hydroxylation sites is 1. The highest BCUT2D eigenvalue weighted by molar-refractivity contribution is 5.99. The Bertz CT molecular complexity index is 2590. The van der Waals surface area contributed by atoms with E-state index in [0.29, 0.717) is 5.56 Å². The number of primary amides is 1. The number of hydrogen-bond donors (Lipinski definition) is 12. The van der Waals surface area contributed by atoms with Gasteiger partial charge in [-0.3, -0.25) is 53.1 Å². The van der Waals surface area contributed by atoms with Crippen LogP contribution in [-0.2, 0) is 60.8 Å². The van der Waals surface area contributed by atoms with Gasteiger partial charge in [-0.2, -0.15) is 0 Å². The molecule has 418 valence electrons. The third kappa shape index (κ3) is 21.9. The van der Waals surface area contributed by atoms with Crippen LogP contribution in [0.1, 0.15) is 108 Å². The van der Waals surface area contributed by atoms with Crippen molar-refractivity contribution in [2.75, 3.05) is 19.6 Å². The number of fused-ring (bicyclic) bond motifs is 1. The van der Waals surface area contributed by atoms with Gasteiger partial charge in [0.05, 0.1) is 12.5 Å². The summed E-state index contributed by atoms with van der Waals surface area (Å²) >= 11 is 0. The van der Waals surface area contributed by atoms with Crippen molar-refractivity contribution < 1.29 is 47.9 Å². The molecule has 1 aliphatic rings. The molecule has 0 aliphatic carbocycles. The number of amides is 7. The fourth-order valence-corrected chi connectivity index (χ4v) is 9.04. The Balaban J connectivity index is 1.79. The smallest absolute Gasteiger partial charge is 0.243 e. The SMILES string of the molecule is CC(=O)CCC[C@@H]1NC(=O)[C@@H](NC(=O)[C@H](CCCN=C(N)N)NC(C)=O)CC(=O)NCCCC[C@@H](C(N)=O)NC(=O)[C@H](Cc2c[nH]c3ccccc23)CC(=O)[C@H](CCCN=C(N)N)CC(=O)[C@@H](Cc2ccccc2)NC1=O. The second kappa shape index (κ2) is 31.6. The number of ketones is 3. The minimum absolute atomic E-state index is 0.0228. The molecule has 0 radical (unpaired) electrons. The lowest BCUT2D eigenvalue weighted by Crippen LogP contribution is -2.58. The van der Waals surface area contributed by atoms with Crippen LogP contribution in [0.2, 0.25) is 0 Å². The lowest BCUT2D eigenvalue weighted by molar-refractivity contribution is -0.136. The molecule has 24 heteroatoms. The van der Waals surface area contributed by atoms with Gasteiger partial charge in [0.2, 0.25) is 41.4 Å². The number of carbonyl (C=O) groups is 10. The Labute approximate surface area is 447 Å². The number of hydrogen-bond acceptors (Lipinski definition) is 12. The first-order chi connectivity index (χ1) is 36.7. The number of benzene rings is 2. The van der Waals surface area contributed by atoms with Crippen molar-refractivity contribution in [3.05, 3.63) is 71.9 Å². The molecule has 4 rings (SSSR count). The van der Waals surface area contributed by atoms with E-state index in [1.807, 2.05) is 24.3 Å². The van der Waals surface area contributed by atoms with Crippen LogP contribution in [0.5, 0.6) is 0 Å². The average molecular weight is 1070 g/mol. The molecule has 17 N–H and O–H groups in total. The summed E-state index contributed by atoms with van der Waals surface area (Å²) < 4.78 is 0. The van der Waals surface area contributed by atoms with Crippen LogP contribution in [0, 0.1) is 11.8 Å². The van der Waals surface area contributed by atoms with Crippen LogP contribution in [-0.4, -0.2) is 125 Å². The summed E-state index contributed by atoms with van der Waals surface area (Å²) in [5, 5.41) is 16.8. The van der Waals surface area contributed by atoms with Crippen LogP contribution in [0.15, 0.2) is 70.8 Å². The first-order valence-corrected chi connectivity index (χ1v) is 26.0. The molecule has 77 heavy (non-hydrogen) atoms. The van der Waals surface area contributed by atoms with Gasteiger partial charge in [0.25, 0.3) is 0 Å². The average Bonchev–Trinajstić information content (AvgIpc) is 3.79. The number of nitrogens with two attached hydrogens (primary N) is 5. The maximum atomic E-state index is 14.8. The summed E-state index contributed by atoms with van der Waals surface area (Å²) in [6, 6.07) is 9.41. The van der Waals surface area contributed by atoms with Crippen molar-refractivity contribution in [3.63, 3.8) is 0 Å². The van der Waals surface area contributed by atoms with Gasteiger partial charge in [0.15, 0.2) is 17.7 Å². The molecule has 1 aromatic heterocycles. The molecule has 24 nitrogen and oxygen atoms in total. The van der Waals surface area contributed by atoms with Crippen molar-refractivity contribution in [1.82, 2.24) is 36.9 Å². The number of aromatic nitrogens is 1. The third-order valence-corrected chi connectivity index (χ3v) is 13.1. The lowest BCUT2D eigenvalue weighted by atomic mass is 9.83. The van der Waals surface area contributed by atoms with E-state index in [-0.39, 0.29) is 121 Å². The molecular weight excluding hydrogens is 993 g/mol. The number of aliphatic imine (C=N–C) groups is 2. The van der Waals surface area contributed by atoms with E-state index >= 15 is 0 Å². The van der Waals surface area contributed by atoms with E-state index < -0.39 is 108 Å². The molecule has 7 amide bonds. The van der Waals surface area contributed by atoms with Crippen molar-refractivity contribution >= 4 is 81.5 Å². The topological polar surface area (TPSA) is 413 Å². The van der Waals surface area contributed by atoms with Crippen molar-refractivity contribution in [2.24, 2.45) is 50.5 Å². The van der Waals surface area contributed by atoms with Gasteiger partial charge >= 0.3 is 0 Å². The Morgan fingerprint density at radius 3 is 2.03 bits per heavy atom. The minimum Gasteiger partial charge on any atom is -0.370 e. The predicted octanol–water partition coefficient (Wildman–Crippen LogP) is -0.410. The van der Waals surface area contributed by atoms with Gasteiger partial charge in [0, 0.05) is 74.8 Å². The molecule has 7 atom stereocenters. The second-order valence-electron chi connectivity index (χ2n) is 19.4. The number of rotatable bonds is 20. The summed E-state index contributed by atoms with van der Waals surface area (Å²) in [5.41, 5.74) is 30.1. The van der Waals surface area contributed by atoms with Gasteiger partial charge in [0.1, 0.15) is 35.7 Å². The number of nitrogens with one attached hydrogen (secondary N) is 7. The van der Waals surface area contributed by atoms with Gasteiger partial charge in [-0.1, -0.05) is 48.5 Å². The van der Waals surface area contributed by atoms with Crippen molar-refractivity contribution in [2.45, 2.75) is 140 Å². The van der Waals surface area contributed by atoms with E-state index in [9.17, 15) is 47.9 Å². The molecule has 0 bridgehead atoms. The normalized spacial score (nSPS) is 21.0. The maximum absolute atomic E-state index is 14.8. The largest absolute Gasteiger partial charge is 0.370 e. The fraction of sp³-hybridized carbons (Fsp3) is 0.509. The molecule has 2 aromatic carbocycles. The highest BCUT2D eigenvalue weighted by atomic mass is 16.2. The molecule has 0 unspecified atom stereocenters. The zero-order chi connectivity index (χ0) is 56.4. The van der Waals surface area contributed by atoms with Crippen LogP contribution >= 0.6 is 0 Å². The molecule has 1 aliphatic heterocycles. The highest BCUT2D eigenvalue weighted by Gasteiger charge is 2.35. The molecular formula is C53H76N14O10. The summed E-state index contributed by atoms with van der Waals surface area (Å²) in [6.45, 7) is 2.80. The van der Waals surface area contributed by atoms with E-state index in [1.165, 1.54) is 13.8 Å². The lowest BCUT2D eigenvalue weighted by Gasteiger charge is -2.27. The maximum Gasteiger partial charge on any atom is 0.243 e. The number of guanidine groups is 2. The van der Waals surface area contributed by atoms with E-state index in [0.717, 1.165) is 16.5 Å². The van der Waals surface area contributed by atoms with Crippen molar-refractivity contribution in [1.29, 1.82) is 0 Å². The predicted molar refractivity (Wildman–Crippen MR) is 289 cm³/mol. The summed E-state index contributed by atoms with van der Waals surface area (Å²) in [7, 11) is 0. The highest BCUT2D eigenvalue weighted by Crippen LogP contribution is 2.26. The zero-order valence-corrected chi connectivity index (χ0v) is 43.9. The van der Waals surface area contributed by atoms with Crippen LogP contribution in [0.3, 0.4) is 0 Å². The summed E-state index contributed by atoms with van der Waals surface area (Å²) in [5.74, 6) is -9.03. The molecule has 0 spiro atoms. The van der Waals surface area contributed by atoms with Gasteiger partial charge in [-0.05, 0) is 94.7 Å². The standard InChI is InChI=1S/C53H76N14O10/c1-31(68)13-10-20-41-50(76)66-42(25-33-14-4-3-5-15-33)45(71)27-34(16-11-23-60-52(55)56)44(70)28-35(26-36-30-62-38-18-7-6-17-37(36)38)48(74)64-39(47(54)73)19-8-9-22-59-46(72)29-43(51(77)65-41)67-49(75)40(63-32(2)69)21-12-24-61-53(57)58/h3-7,14-15,17-18,30,34-35,39-43,62H,8-13,16,19-29H2,1-2H3,(H2,54,73)(H,59,72)(H,63,69)(H,64,74)(H,65,77)(H,66,76)(H,67,75)(H4,55,56,60)(H4,57,58,61)/t34-,35-,39+,40+,41+,42-,43+/m1/s1. The monoisotopic (exact) mass is 1070 g/mol. The van der Waals surface area contributed by atoms with Crippen LogP contribution in [0.4, 0.5) is 0 Å². The van der Waals surface area contributed by atoms with Crippen LogP contribution < -0.4 is 60.6 Å². The first-order valence-electron chi connectivity index (χ1n) is 26.0. The molecule has 2 heterocycles. The molecule has 0 saturated carbocycles. The Morgan fingerprint density at radius 2 is 1.35 bits per heavy atom. The van der Waals surface area contributed by atoms with Gasteiger partial charge < -0.3 is 70.3 Å². The van der Waals surface area contributed by atoms with E-state index in [4.69, 9.17) is 28.7 Å². The van der Waals surface area contributed by atoms with E-state index in [1.54, 1.807) is 36.5 Å². The number of aromatic amines is 1. The number of H-pyrrole nitrogens is 1. The fourth-order valence-electron chi connectivity index (χ4n) is 9.04. The quantitative estimate of drug-likeness (QED) is 0.0389. The first kappa shape index (κ1) is 61.4. The molecule has 1 fully saturated rings. The summed E-state index contributed by atoms with van der Waals surface area (Å²) in [6.07, 6.45) is 1.55. The second-order valence-corrected chi connectivity index (χ2v) is 19.4. The number of carbonyl (C=O) groups excluding carboxylic acids is 10. The van der Waals surface area contributed by atoms with Crippen molar-refractivity contribution in [3.8, 4) is 0 Å². The van der Waals surface area contributed by atoms with Gasteiger partial charge in [-0.25, -0.2) is 0 Å². The Kier molecular flexibility index (Phi) is 25.2. The number of nitrogens with zero attached hydrogens (tertiary/aromatic N) is 2. The third-order valence-electron chi connectivity index (χ3n) is 13.1. The van der Waals surface area contributed by atoms with Gasteiger partial charge in [-0.15, -0.1) is 0 Å². The molecule has 1 saturated heterocycles. The molecule has 3 aromatic rings.